The standard InChI is InChI=1S/C4H11NO.H3O4P/c1-5(2)3-4-6;1-5(2,3)4/h6H,3-4H2,1-2H3;(H3,1,2,3,4). The van der Waals surface area contributed by atoms with Gasteiger partial charge in [0.05, 0.1) is 20.7 Å². The fourth-order valence-corrected chi connectivity index (χ4v) is 0.224. The van der Waals surface area contributed by atoms with Crippen molar-refractivity contribution < 1.29 is 29.3 Å². The maximum atomic E-state index is 8.77. The highest BCUT2D eigenvalue weighted by Gasteiger charge is 1.84. The van der Waals surface area contributed by atoms with Crippen molar-refractivity contribution in [2.75, 3.05) is 27.2 Å². The molecule has 0 spiro atoms. The maximum absolute atomic E-state index is 8.77. The van der Waals surface area contributed by atoms with Crippen LogP contribution in [0.2, 0.25) is 0 Å². The van der Waals surface area contributed by atoms with Crippen LogP contribution in [-0.4, -0.2) is 42.1 Å². The van der Waals surface area contributed by atoms with Gasteiger partial charge in [-0.2, -0.15) is 0 Å². The first-order chi connectivity index (χ1) is 4.77. The number of aliphatic hydroxyl groups is 1. The monoisotopic (exact) mass is 187 g/mol. The minimum atomic E-state index is -4.89. The molecular formula is C4H14NO5P. The second kappa shape index (κ2) is 6.72. The van der Waals surface area contributed by atoms with E-state index in [4.69, 9.17) is 24.4 Å². The van der Waals surface area contributed by atoms with E-state index in [1.807, 2.05) is 14.1 Å². The number of hydrogen-bond acceptors (Lipinski definition) is 3. The van der Waals surface area contributed by atoms with Crippen molar-refractivity contribution in [2.45, 2.75) is 0 Å². The van der Waals surface area contributed by atoms with Crippen LogP contribution in [0.1, 0.15) is 0 Å². The van der Waals surface area contributed by atoms with E-state index in [0.29, 0.717) is 6.61 Å². The lowest BCUT2D eigenvalue weighted by Crippen LogP contribution is -3.06. The Kier molecular flexibility index (Phi) is 8.32. The summed E-state index contributed by atoms with van der Waals surface area (Å²) in [5.41, 5.74) is 0. The second-order valence-electron chi connectivity index (χ2n) is 2.17. The number of aliphatic hydroxyl groups excluding tert-OH is 1. The summed E-state index contributed by atoms with van der Waals surface area (Å²) in [7, 11) is -0.869. The molecule has 7 heteroatoms. The SMILES string of the molecule is C[NH+](C)CCO.O=P([O-])(O)O. The van der Waals surface area contributed by atoms with Crippen molar-refractivity contribution in [3.63, 3.8) is 0 Å². The second-order valence-corrected chi connectivity index (χ2v) is 3.15. The summed E-state index contributed by atoms with van der Waals surface area (Å²) in [6.45, 7) is 1.14. The lowest BCUT2D eigenvalue weighted by Gasteiger charge is -2.01. The molecule has 0 fully saturated rings. The fraction of sp³-hybridized carbons (Fsp3) is 1.00. The number of phosphoric acid groups is 1. The summed E-state index contributed by atoms with van der Waals surface area (Å²) < 4.78 is 8.77. The molecule has 0 amide bonds. The Morgan fingerprint density at radius 3 is 1.73 bits per heavy atom. The van der Waals surface area contributed by atoms with Crippen LogP contribution in [0.4, 0.5) is 0 Å². The summed E-state index contributed by atoms with van der Waals surface area (Å²) in [5.74, 6) is 0. The average molecular weight is 187 g/mol. The molecule has 0 aromatic carbocycles. The third-order valence-corrected chi connectivity index (χ3v) is 0.612. The number of likely N-dealkylation sites (N-methyl/N-ethyl adjacent to an activating group) is 1. The Labute approximate surface area is 65.3 Å². The predicted octanol–water partition coefficient (Wildman–Crippen LogP) is -3.44. The number of nitrogens with one attached hydrogen (secondary N) is 1. The van der Waals surface area contributed by atoms with Gasteiger partial charge in [-0.3, -0.25) is 4.57 Å². The molecule has 0 aliphatic heterocycles. The third kappa shape index (κ3) is 70.4. The first-order valence-electron chi connectivity index (χ1n) is 2.93. The highest BCUT2D eigenvalue weighted by molar-refractivity contribution is 7.43. The Morgan fingerprint density at radius 1 is 1.45 bits per heavy atom. The number of rotatable bonds is 2. The molecule has 0 rings (SSSR count). The molecule has 0 aromatic rings. The molecule has 0 radical (unpaired) electrons. The molecule has 0 bridgehead atoms. The average Bonchev–Trinajstić information content (AvgIpc) is 1.58. The van der Waals surface area contributed by atoms with Gasteiger partial charge in [0.1, 0.15) is 6.54 Å². The summed E-state index contributed by atoms with van der Waals surface area (Å²) in [4.78, 5) is 24.2. The van der Waals surface area contributed by atoms with Gasteiger partial charge in [0.2, 0.25) is 0 Å². The van der Waals surface area contributed by atoms with Crippen LogP contribution in [0.15, 0.2) is 0 Å². The van der Waals surface area contributed by atoms with Gasteiger partial charge in [0, 0.05) is 0 Å². The Balaban J connectivity index is 0. The molecule has 0 saturated carbocycles. The van der Waals surface area contributed by atoms with Gasteiger partial charge in [0.15, 0.2) is 0 Å². The summed E-state index contributed by atoms with van der Waals surface area (Å²) in [6, 6.07) is 0. The van der Waals surface area contributed by atoms with E-state index in [-0.39, 0.29) is 0 Å². The molecule has 0 unspecified atom stereocenters. The van der Waals surface area contributed by atoms with E-state index >= 15 is 0 Å². The topological polar surface area (TPSA) is 105 Å². The molecule has 0 aliphatic rings. The first-order valence-corrected chi connectivity index (χ1v) is 4.47. The van der Waals surface area contributed by atoms with Gasteiger partial charge < -0.3 is 24.7 Å². The molecule has 6 nitrogen and oxygen atoms in total. The predicted molar refractivity (Wildman–Crippen MR) is 36.8 cm³/mol. The highest BCUT2D eigenvalue weighted by Crippen LogP contribution is 2.18. The quantitative estimate of drug-likeness (QED) is 0.337. The maximum Gasteiger partial charge on any atom is 0.262 e. The summed E-state index contributed by atoms with van der Waals surface area (Å²) >= 11 is 0. The van der Waals surface area contributed by atoms with Crippen molar-refractivity contribution >= 4 is 7.82 Å². The summed E-state index contributed by atoms with van der Waals surface area (Å²) in [5, 5.41) is 8.22. The van der Waals surface area contributed by atoms with Gasteiger partial charge in [-0.1, -0.05) is 0 Å². The van der Waals surface area contributed by atoms with Crippen LogP contribution in [0.3, 0.4) is 0 Å². The van der Waals surface area contributed by atoms with Gasteiger partial charge in [-0.25, -0.2) is 0 Å². The largest absolute Gasteiger partial charge is 0.756 e. The summed E-state index contributed by atoms with van der Waals surface area (Å²) in [6.07, 6.45) is 0. The van der Waals surface area contributed by atoms with Crippen molar-refractivity contribution in [3.8, 4) is 0 Å². The van der Waals surface area contributed by atoms with E-state index < -0.39 is 7.82 Å². The smallest absolute Gasteiger partial charge is 0.262 e. The Bertz CT molecular complexity index is 113. The molecule has 0 saturated heterocycles. The minimum Gasteiger partial charge on any atom is -0.756 e. The van der Waals surface area contributed by atoms with Crippen LogP contribution in [0.5, 0.6) is 0 Å². The van der Waals surface area contributed by atoms with Gasteiger partial charge in [0.25, 0.3) is 7.82 Å². The number of quaternary nitrogens is 1. The van der Waals surface area contributed by atoms with Crippen LogP contribution >= 0.6 is 7.82 Å². The fourth-order valence-electron chi connectivity index (χ4n) is 0.224. The van der Waals surface area contributed by atoms with Crippen LogP contribution < -0.4 is 9.79 Å². The van der Waals surface area contributed by atoms with E-state index in [1.54, 1.807) is 0 Å². The molecule has 0 atom stereocenters. The van der Waals surface area contributed by atoms with E-state index in [2.05, 4.69) is 0 Å². The van der Waals surface area contributed by atoms with Crippen molar-refractivity contribution in [1.82, 2.24) is 0 Å². The number of hydrogen-bond donors (Lipinski definition) is 4. The zero-order valence-corrected chi connectivity index (χ0v) is 7.41. The van der Waals surface area contributed by atoms with E-state index in [0.717, 1.165) is 6.54 Å². The molecule has 4 N–H and O–H groups in total. The van der Waals surface area contributed by atoms with Crippen molar-refractivity contribution in [3.05, 3.63) is 0 Å². The van der Waals surface area contributed by atoms with Gasteiger partial charge >= 0.3 is 0 Å². The van der Waals surface area contributed by atoms with E-state index in [1.165, 1.54) is 4.90 Å². The van der Waals surface area contributed by atoms with E-state index in [9.17, 15) is 0 Å². The highest BCUT2D eigenvalue weighted by atomic mass is 31.2. The van der Waals surface area contributed by atoms with Crippen molar-refractivity contribution in [2.24, 2.45) is 0 Å². The molecule has 11 heavy (non-hydrogen) atoms. The molecular weight excluding hydrogens is 173 g/mol. The normalized spacial score (nSPS) is 10.8. The van der Waals surface area contributed by atoms with Gasteiger partial charge in [-0.15, -0.1) is 0 Å². The minimum absolute atomic E-state index is 0.294. The molecule has 0 heterocycles. The molecule has 70 valence electrons. The first kappa shape index (κ1) is 13.6. The molecule has 0 aromatic heterocycles. The third-order valence-electron chi connectivity index (χ3n) is 0.612. The zero-order chi connectivity index (χ0) is 9.49. The lowest BCUT2D eigenvalue weighted by atomic mass is 10.6. The van der Waals surface area contributed by atoms with Gasteiger partial charge in [-0.05, 0) is 0 Å². The Morgan fingerprint density at radius 2 is 1.73 bits per heavy atom. The Hall–Kier alpha value is 0.0300. The lowest BCUT2D eigenvalue weighted by molar-refractivity contribution is -0.858. The van der Waals surface area contributed by atoms with Crippen molar-refractivity contribution in [1.29, 1.82) is 0 Å². The zero-order valence-electron chi connectivity index (χ0n) is 6.52. The van der Waals surface area contributed by atoms with Crippen LogP contribution in [0, 0.1) is 0 Å². The van der Waals surface area contributed by atoms with Crippen LogP contribution in [-0.2, 0) is 4.57 Å². The van der Waals surface area contributed by atoms with Crippen LogP contribution in [0.25, 0.3) is 0 Å². The molecule has 0 aliphatic carbocycles.